The van der Waals surface area contributed by atoms with Crippen molar-refractivity contribution in [2.45, 2.75) is 34.2 Å². The molecular weight excluding hydrogens is 518 g/mol. The smallest absolute Gasteiger partial charge is 0.256 e. The van der Waals surface area contributed by atoms with Crippen molar-refractivity contribution in [2.24, 2.45) is 0 Å². The van der Waals surface area contributed by atoms with E-state index in [1.807, 2.05) is 32.2 Å². The molecule has 5 heterocycles. The maximum absolute atomic E-state index is 13.8. The molecule has 1 amide bonds. The lowest BCUT2D eigenvalue weighted by Crippen LogP contribution is -2.45. The SMILES string of the molecule is C=C(c1c(C)c(C(=O)NCc2c(OC)cc(C)[nH]c2=O)cc2c(-c3cnc(C)nc3)ccn12)N1CCN(CC)CC1. The third-order valence-electron chi connectivity index (χ3n) is 7.89. The summed E-state index contributed by atoms with van der Waals surface area (Å²) in [6.45, 7) is 17.0. The van der Waals surface area contributed by atoms with Gasteiger partial charge < -0.3 is 29.2 Å². The first kappa shape index (κ1) is 28.1. The number of hydrogen-bond donors (Lipinski definition) is 2. The second-order valence-corrected chi connectivity index (χ2v) is 10.4. The van der Waals surface area contributed by atoms with Crippen LogP contribution in [0.15, 0.2) is 48.2 Å². The molecule has 1 fully saturated rings. The van der Waals surface area contributed by atoms with Gasteiger partial charge >= 0.3 is 0 Å². The number of rotatable bonds is 8. The van der Waals surface area contributed by atoms with Crippen LogP contribution in [0.1, 0.15) is 45.6 Å². The molecule has 0 radical (unpaired) electrons. The average molecular weight is 556 g/mol. The van der Waals surface area contributed by atoms with Gasteiger partial charge in [-0.2, -0.15) is 0 Å². The van der Waals surface area contributed by atoms with Gasteiger partial charge in [-0.05, 0) is 51.1 Å². The van der Waals surface area contributed by atoms with Gasteiger partial charge in [0, 0.05) is 67.2 Å². The summed E-state index contributed by atoms with van der Waals surface area (Å²) in [6.07, 6.45) is 5.61. The monoisotopic (exact) mass is 555 g/mol. The van der Waals surface area contributed by atoms with Crippen molar-refractivity contribution in [1.82, 2.24) is 34.5 Å². The van der Waals surface area contributed by atoms with Crippen molar-refractivity contribution < 1.29 is 9.53 Å². The Kier molecular flexibility index (Phi) is 7.94. The minimum Gasteiger partial charge on any atom is -0.496 e. The molecule has 214 valence electrons. The Morgan fingerprint density at radius 1 is 1.12 bits per heavy atom. The van der Waals surface area contributed by atoms with Crippen molar-refractivity contribution in [1.29, 1.82) is 0 Å². The Bertz CT molecular complexity index is 1660. The number of hydrogen-bond acceptors (Lipinski definition) is 7. The van der Waals surface area contributed by atoms with E-state index >= 15 is 0 Å². The zero-order valence-electron chi connectivity index (χ0n) is 24.4. The predicted molar refractivity (Wildman–Crippen MR) is 160 cm³/mol. The summed E-state index contributed by atoms with van der Waals surface area (Å²) in [5.41, 5.74) is 6.46. The van der Waals surface area contributed by atoms with Gasteiger partial charge in [0.25, 0.3) is 11.5 Å². The molecule has 5 rings (SSSR count). The van der Waals surface area contributed by atoms with Crippen LogP contribution in [0.3, 0.4) is 0 Å². The Hall–Kier alpha value is -4.44. The molecule has 0 unspecified atom stereocenters. The van der Waals surface area contributed by atoms with Crippen LogP contribution >= 0.6 is 0 Å². The van der Waals surface area contributed by atoms with Crippen LogP contribution in [0.25, 0.3) is 22.3 Å². The quantitative estimate of drug-likeness (QED) is 0.342. The number of fused-ring (bicyclic) bond motifs is 1. The molecule has 10 heteroatoms. The normalized spacial score (nSPS) is 13.9. The van der Waals surface area contributed by atoms with Crippen LogP contribution in [0.4, 0.5) is 0 Å². The number of aromatic nitrogens is 4. The summed E-state index contributed by atoms with van der Waals surface area (Å²) in [7, 11) is 1.51. The maximum Gasteiger partial charge on any atom is 0.256 e. The minimum absolute atomic E-state index is 0.0250. The van der Waals surface area contributed by atoms with Crippen LogP contribution < -0.4 is 15.6 Å². The lowest BCUT2D eigenvalue weighted by molar-refractivity contribution is 0.0950. The molecule has 1 aliphatic rings. The second kappa shape index (κ2) is 11.6. The van der Waals surface area contributed by atoms with Crippen LogP contribution in [0, 0.1) is 20.8 Å². The third-order valence-corrected chi connectivity index (χ3v) is 7.89. The number of piperazine rings is 1. The van der Waals surface area contributed by atoms with Gasteiger partial charge in [-0.1, -0.05) is 13.5 Å². The summed E-state index contributed by atoms with van der Waals surface area (Å²) < 4.78 is 7.52. The summed E-state index contributed by atoms with van der Waals surface area (Å²) in [4.78, 5) is 42.7. The van der Waals surface area contributed by atoms with Crippen molar-refractivity contribution in [3.05, 3.63) is 87.6 Å². The minimum atomic E-state index is -0.289. The van der Waals surface area contributed by atoms with Crippen molar-refractivity contribution in [3.63, 3.8) is 0 Å². The number of pyridine rings is 2. The largest absolute Gasteiger partial charge is 0.496 e. The summed E-state index contributed by atoms with van der Waals surface area (Å²) in [6, 6.07) is 5.66. The van der Waals surface area contributed by atoms with E-state index in [2.05, 4.69) is 48.0 Å². The van der Waals surface area contributed by atoms with E-state index in [1.165, 1.54) is 7.11 Å². The molecule has 0 aromatic carbocycles. The molecule has 0 saturated carbocycles. The fourth-order valence-corrected chi connectivity index (χ4v) is 5.49. The van der Waals surface area contributed by atoms with Gasteiger partial charge in [0.05, 0.1) is 36.1 Å². The first-order valence-corrected chi connectivity index (χ1v) is 13.9. The highest BCUT2D eigenvalue weighted by Crippen LogP contribution is 2.33. The number of aryl methyl sites for hydroxylation is 2. The van der Waals surface area contributed by atoms with Crippen molar-refractivity contribution >= 4 is 17.1 Å². The first-order chi connectivity index (χ1) is 19.7. The van der Waals surface area contributed by atoms with E-state index in [0.717, 1.165) is 66.3 Å². The van der Waals surface area contributed by atoms with Gasteiger partial charge in [-0.3, -0.25) is 9.59 Å². The molecular formula is C31H37N7O3. The van der Waals surface area contributed by atoms with Crippen molar-refractivity contribution in [2.75, 3.05) is 39.8 Å². The van der Waals surface area contributed by atoms with Gasteiger partial charge in [0.15, 0.2) is 0 Å². The topological polar surface area (TPSA) is 108 Å². The highest BCUT2D eigenvalue weighted by atomic mass is 16.5. The molecule has 4 aromatic heterocycles. The number of likely N-dealkylation sites (N-methyl/N-ethyl adjacent to an activating group) is 1. The number of aromatic amines is 1. The highest BCUT2D eigenvalue weighted by molar-refractivity contribution is 5.99. The molecule has 41 heavy (non-hydrogen) atoms. The molecule has 0 bridgehead atoms. The Balaban J connectivity index is 1.57. The lowest BCUT2D eigenvalue weighted by Gasteiger charge is -2.37. The van der Waals surface area contributed by atoms with E-state index in [0.29, 0.717) is 28.4 Å². The van der Waals surface area contributed by atoms with Gasteiger partial charge in [0.2, 0.25) is 0 Å². The Morgan fingerprint density at radius 2 is 1.83 bits per heavy atom. The Labute approximate surface area is 239 Å². The lowest BCUT2D eigenvalue weighted by atomic mass is 10.0. The van der Waals surface area contributed by atoms with Gasteiger partial charge in [-0.25, -0.2) is 9.97 Å². The van der Waals surface area contributed by atoms with Crippen LogP contribution in [0.5, 0.6) is 5.75 Å². The number of nitrogens with zero attached hydrogens (tertiary/aromatic N) is 5. The van der Waals surface area contributed by atoms with Crippen LogP contribution in [0.2, 0.25) is 0 Å². The summed E-state index contributed by atoms with van der Waals surface area (Å²) in [5, 5.41) is 2.95. The van der Waals surface area contributed by atoms with Crippen LogP contribution in [-0.2, 0) is 6.54 Å². The fourth-order valence-electron chi connectivity index (χ4n) is 5.49. The first-order valence-electron chi connectivity index (χ1n) is 13.9. The molecule has 2 N–H and O–H groups in total. The van der Waals surface area contributed by atoms with E-state index < -0.39 is 0 Å². The summed E-state index contributed by atoms with van der Waals surface area (Å²) >= 11 is 0. The maximum atomic E-state index is 13.8. The zero-order valence-corrected chi connectivity index (χ0v) is 24.4. The molecule has 0 spiro atoms. The molecule has 4 aromatic rings. The zero-order chi connectivity index (χ0) is 29.3. The molecule has 0 atom stereocenters. The number of ether oxygens (including phenoxy) is 1. The van der Waals surface area contributed by atoms with Gasteiger partial charge in [-0.15, -0.1) is 0 Å². The number of H-pyrrole nitrogens is 1. The molecule has 1 aliphatic heterocycles. The van der Waals surface area contributed by atoms with E-state index in [4.69, 9.17) is 4.74 Å². The molecule has 10 nitrogen and oxygen atoms in total. The number of carbonyl (C=O) groups excluding carboxylic acids is 1. The fraction of sp³-hybridized carbons (Fsp3) is 0.355. The van der Waals surface area contributed by atoms with Crippen LogP contribution in [-0.4, -0.2) is 74.9 Å². The predicted octanol–water partition coefficient (Wildman–Crippen LogP) is 3.56. The highest BCUT2D eigenvalue weighted by Gasteiger charge is 2.25. The molecule has 1 saturated heterocycles. The van der Waals surface area contributed by atoms with E-state index in [-0.39, 0.29) is 18.0 Å². The number of amides is 1. The van der Waals surface area contributed by atoms with E-state index in [1.54, 1.807) is 25.4 Å². The van der Waals surface area contributed by atoms with Crippen molar-refractivity contribution in [3.8, 4) is 16.9 Å². The van der Waals surface area contributed by atoms with Gasteiger partial charge in [0.1, 0.15) is 11.6 Å². The number of methoxy groups -OCH3 is 1. The van der Waals surface area contributed by atoms with E-state index in [9.17, 15) is 9.59 Å². The average Bonchev–Trinajstić information content (AvgIpc) is 3.39. The number of carbonyl (C=O) groups is 1. The second-order valence-electron chi connectivity index (χ2n) is 10.4. The molecule has 0 aliphatic carbocycles. The summed E-state index contributed by atoms with van der Waals surface area (Å²) in [5.74, 6) is 0.839. The number of nitrogens with one attached hydrogen (secondary N) is 2. The third kappa shape index (κ3) is 5.47. The standard InChI is InChI=1S/C31H37N7O3/c1-7-36-10-12-37(13-11-36)21(4)29-20(3)25(30(39)34-18-26-28(41-6)14-19(2)35-31(26)40)15-27-24(8-9-38(27)29)23-16-32-22(5)33-17-23/h8-9,14-17H,4,7,10-13,18H2,1-3,5-6H3,(H,34,39)(H,35,40). The Morgan fingerprint density at radius 3 is 2.49 bits per heavy atom.